The minimum Gasteiger partial charge on any atom is -0.490 e. The van der Waals surface area contributed by atoms with Crippen molar-refractivity contribution in [2.75, 3.05) is 6.61 Å². The molecule has 5 nitrogen and oxygen atoms in total. The fraction of sp³-hybridized carbons (Fsp3) is 0.154. The summed E-state index contributed by atoms with van der Waals surface area (Å²) < 4.78 is 39.5. The molecule has 35 heavy (non-hydrogen) atoms. The molecule has 180 valence electrons. The number of thioether (sulfide) groups is 1. The first-order valence-corrected chi connectivity index (χ1v) is 11.9. The van der Waals surface area contributed by atoms with Crippen LogP contribution in [0.3, 0.4) is 0 Å². The van der Waals surface area contributed by atoms with E-state index < -0.39 is 17.0 Å². The number of hydrogen-bond donors (Lipinski definition) is 0. The van der Waals surface area contributed by atoms with Crippen LogP contribution in [0.4, 0.5) is 13.6 Å². The van der Waals surface area contributed by atoms with Crippen LogP contribution in [0.1, 0.15) is 23.6 Å². The lowest BCUT2D eigenvalue weighted by molar-refractivity contribution is -0.123. The van der Waals surface area contributed by atoms with E-state index in [0.29, 0.717) is 29.2 Å². The normalized spacial score (nSPS) is 14.6. The van der Waals surface area contributed by atoms with Crippen molar-refractivity contribution in [1.82, 2.24) is 4.90 Å². The Morgan fingerprint density at radius 2 is 1.74 bits per heavy atom. The standard InChI is InChI=1S/C26H20ClF2NO4S/c1-2-33-23-12-16(10-11-22(23)34-15-17-6-3-4-8-20(17)28)13-24-25(31)30(26(32)35-24)14-18-19(27)7-5-9-21(18)29/h3-13H,2,14-15H2,1H3/b24-13+. The third-order valence-electron chi connectivity index (χ3n) is 5.16. The van der Waals surface area contributed by atoms with Gasteiger partial charge in [0, 0.05) is 16.1 Å². The third kappa shape index (κ3) is 5.66. The van der Waals surface area contributed by atoms with E-state index in [-0.39, 0.29) is 34.5 Å². The van der Waals surface area contributed by atoms with Gasteiger partial charge in [-0.2, -0.15) is 0 Å². The van der Waals surface area contributed by atoms with Crippen LogP contribution in [0.5, 0.6) is 11.5 Å². The van der Waals surface area contributed by atoms with Crippen molar-refractivity contribution in [2.24, 2.45) is 0 Å². The Bertz CT molecular complexity index is 1290. The molecule has 0 saturated carbocycles. The molecule has 0 unspecified atom stereocenters. The van der Waals surface area contributed by atoms with Gasteiger partial charge < -0.3 is 9.47 Å². The number of carbonyl (C=O) groups excluding carboxylic acids is 2. The zero-order valence-corrected chi connectivity index (χ0v) is 20.2. The van der Waals surface area contributed by atoms with E-state index in [1.54, 1.807) is 42.5 Å². The van der Waals surface area contributed by atoms with Crippen molar-refractivity contribution in [3.05, 3.63) is 98.9 Å². The summed E-state index contributed by atoms with van der Waals surface area (Å²) >= 11 is 6.81. The number of hydrogen-bond acceptors (Lipinski definition) is 5. The molecule has 3 aromatic rings. The van der Waals surface area contributed by atoms with Gasteiger partial charge in [0.2, 0.25) is 0 Å². The lowest BCUT2D eigenvalue weighted by Crippen LogP contribution is -2.28. The van der Waals surface area contributed by atoms with Gasteiger partial charge in [0.15, 0.2) is 11.5 Å². The van der Waals surface area contributed by atoms with Crippen LogP contribution in [0, 0.1) is 11.6 Å². The molecule has 0 radical (unpaired) electrons. The van der Waals surface area contributed by atoms with Crippen molar-refractivity contribution in [2.45, 2.75) is 20.1 Å². The van der Waals surface area contributed by atoms with Crippen LogP contribution in [-0.2, 0) is 17.9 Å². The molecule has 0 N–H and O–H groups in total. The molecule has 0 aliphatic carbocycles. The Labute approximate surface area is 210 Å². The van der Waals surface area contributed by atoms with Gasteiger partial charge in [-0.3, -0.25) is 14.5 Å². The van der Waals surface area contributed by atoms with Gasteiger partial charge in [0.05, 0.1) is 18.1 Å². The van der Waals surface area contributed by atoms with Gasteiger partial charge in [-0.25, -0.2) is 8.78 Å². The fourth-order valence-electron chi connectivity index (χ4n) is 3.40. The maximum absolute atomic E-state index is 14.1. The molecule has 3 aromatic carbocycles. The maximum Gasteiger partial charge on any atom is 0.293 e. The van der Waals surface area contributed by atoms with Gasteiger partial charge in [-0.1, -0.05) is 41.9 Å². The highest BCUT2D eigenvalue weighted by Gasteiger charge is 2.36. The lowest BCUT2D eigenvalue weighted by Gasteiger charge is -2.14. The van der Waals surface area contributed by atoms with Crippen LogP contribution >= 0.6 is 23.4 Å². The zero-order chi connectivity index (χ0) is 24.9. The molecule has 0 atom stereocenters. The maximum atomic E-state index is 14.1. The van der Waals surface area contributed by atoms with Crippen molar-refractivity contribution < 1.29 is 27.8 Å². The quantitative estimate of drug-likeness (QED) is 0.308. The Kier molecular flexibility index (Phi) is 7.73. The Hall–Kier alpha value is -3.36. The topological polar surface area (TPSA) is 55.8 Å². The van der Waals surface area contributed by atoms with E-state index in [9.17, 15) is 18.4 Å². The van der Waals surface area contributed by atoms with Gasteiger partial charge in [0.25, 0.3) is 11.1 Å². The first-order chi connectivity index (χ1) is 16.9. The van der Waals surface area contributed by atoms with E-state index >= 15 is 0 Å². The van der Waals surface area contributed by atoms with Gasteiger partial charge in [0.1, 0.15) is 18.2 Å². The molecule has 2 amide bonds. The molecule has 1 saturated heterocycles. The van der Waals surface area contributed by atoms with E-state index in [0.717, 1.165) is 16.7 Å². The predicted octanol–water partition coefficient (Wildman–Crippen LogP) is 6.83. The van der Waals surface area contributed by atoms with Crippen molar-refractivity contribution in [1.29, 1.82) is 0 Å². The summed E-state index contributed by atoms with van der Waals surface area (Å²) in [7, 11) is 0. The second-order valence-electron chi connectivity index (χ2n) is 7.49. The minimum atomic E-state index is -0.590. The number of carbonyl (C=O) groups is 2. The number of amides is 2. The van der Waals surface area contributed by atoms with Crippen molar-refractivity contribution in [3.8, 4) is 11.5 Å². The first kappa shape index (κ1) is 24.8. The van der Waals surface area contributed by atoms with E-state index in [1.807, 2.05) is 6.92 Å². The van der Waals surface area contributed by atoms with E-state index in [2.05, 4.69) is 0 Å². The summed E-state index contributed by atoms with van der Waals surface area (Å²) in [5.74, 6) is -0.677. The number of imide groups is 1. The van der Waals surface area contributed by atoms with Crippen LogP contribution in [0.25, 0.3) is 6.08 Å². The molecular formula is C26H20ClF2NO4S. The molecule has 1 aliphatic heterocycles. The molecular weight excluding hydrogens is 496 g/mol. The SMILES string of the molecule is CCOc1cc(/C=C2/SC(=O)N(Cc3c(F)cccc3Cl)C2=O)ccc1OCc1ccccc1F. The number of benzene rings is 3. The highest BCUT2D eigenvalue weighted by Crippen LogP contribution is 2.36. The molecule has 9 heteroatoms. The molecule has 4 rings (SSSR count). The number of rotatable bonds is 8. The predicted molar refractivity (Wildman–Crippen MR) is 131 cm³/mol. The van der Waals surface area contributed by atoms with Crippen LogP contribution in [0.2, 0.25) is 5.02 Å². The number of nitrogens with zero attached hydrogens (tertiary/aromatic N) is 1. The summed E-state index contributed by atoms with van der Waals surface area (Å²) in [5.41, 5.74) is 1.08. The summed E-state index contributed by atoms with van der Waals surface area (Å²) in [5, 5.41) is -0.379. The van der Waals surface area contributed by atoms with E-state index in [4.69, 9.17) is 21.1 Å². The molecule has 1 fully saturated rings. The molecule has 1 heterocycles. The van der Waals surface area contributed by atoms with Gasteiger partial charge in [-0.05, 0) is 60.7 Å². The van der Waals surface area contributed by atoms with Crippen LogP contribution in [0.15, 0.2) is 65.6 Å². The Balaban J connectivity index is 1.53. The third-order valence-corrected chi connectivity index (χ3v) is 6.42. The molecule has 0 aromatic heterocycles. The molecule has 0 bridgehead atoms. The summed E-state index contributed by atoms with van der Waals surface area (Å²) in [6.07, 6.45) is 1.55. The van der Waals surface area contributed by atoms with Crippen molar-refractivity contribution >= 4 is 40.6 Å². The summed E-state index contributed by atoms with van der Waals surface area (Å²) in [6.45, 7) is 1.93. The highest BCUT2D eigenvalue weighted by atomic mass is 35.5. The van der Waals surface area contributed by atoms with Gasteiger partial charge in [-0.15, -0.1) is 0 Å². The van der Waals surface area contributed by atoms with Crippen molar-refractivity contribution in [3.63, 3.8) is 0 Å². The lowest BCUT2D eigenvalue weighted by atomic mass is 10.1. The minimum absolute atomic E-state index is 0.0174. The second-order valence-corrected chi connectivity index (χ2v) is 8.89. The zero-order valence-electron chi connectivity index (χ0n) is 18.6. The average Bonchev–Trinajstić information content (AvgIpc) is 3.09. The molecule has 0 spiro atoms. The van der Waals surface area contributed by atoms with Crippen LogP contribution in [-0.4, -0.2) is 22.7 Å². The van der Waals surface area contributed by atoms with Crippen LogP contribution < -0.4 is 9.47 Å². The largest absolute Gasteiger partial charge is 0.490 e. The van der Waals surface area contributed by atoms with E-state index in [1.165, 1.54) is 24.3 Å². The summed E-state index contributed by atoms with van der Waals surface area (Å²) in [6, 6.07) is 15.5. The summed E-state index contributed by atoms with van der Waals surface area (Å²) in [4.78, 5) is 26.5. The fourth-order valence-corrected chi connectivity index (χ4v) is 4.46. The number of ether oxygens (including phenoxy) is 2. The first-order valence-electron chi connectivity index (χ1n) is 10.7. The highest BCUT2D eigenvalue weighted by molar-refractivity contribution is 8.18. The number of halogens is 3. The van der Waals surface area contributed by atoms with Gasteiger partial charge >= 0.3 is 0 Å². The monoisotopic (exact) mass is 515 g/mol. The Morgan fingerprint density at radius 1 is 0.971 bits per heavy atom. The average molecular weight is 516 g/mol. The second kappa shape index (κ2) is 10.9. The Morgan fingerprint density at radius 3 is 2.49 bits per heavy atom. The molecule has 1 aliphatic rings. The smallest absolute Gasteiger partial charge is 0.293 e.